The summed E-state index contributed by atoms with van der Waals surface area (Å²) < 4.78 is 0. The van der Waals surface area contributed by atoms with Gasteiger partial charge in [0.15, 0.2) is 0 Å². The van der Waals surface area contributed by atoms with Crippen molar-refractivity contribution in [2.45, 2.75) is 89.8 Å². The average Bonchev–Trinajstić information content (AvgIpc) is 2.82. The molecule has 0 aromatic heterocycles. The van der Waals surface area contributed by atoms with Crippen LogP contribution < -0.4 is 0 Å². The first-order chi connectivity index (χ1) is 12.0. The predicted molar refractivity (Wildman–Crippen MR) is 97.2 cm³/mol. The van der Waals surface area contributed by atoms with Crippen LogP contribution in [0.4, 0.5) is 0 Å². The normalized spacial score (nSPS) is 26.4. The van der Waals surface area contributed by atoms with Crippen molar-refractivity contribution < 1.29 is 24.9 Å². The quantitative estimate of drug-likeness (QED) is 0.348. The first-order valence-electron chi connectivity index (χ1n) is 9.70. The molecule has 144 valence electrons. The summed E-state index contributed by atoms with van der Waals surface area (Å²) in [6.45, 7) is 2.11. The fourth-order valence-electron chi connectivity index (χ4n) is 3.67. The molecule has 0 aromatic carbocycles. The number of carboxylic acids is 1. The van der Waals surface area contributed by atoms with Gasteiger partial charge in [0.2, 0.25) is 0 Å². The first-order valence-corrected chi connectivity index (χ1v) is 9.70. The van der Waals surface area contributed by atoms with Crippen LogP contribution in [0, 0.1) is 11.8 Å². The zero-order valence-corrected chi connectivity index (χ0v) is 15.4. The van der Waals surface area contributed by atoms with Crippen LogP contribution in [0.25, 0.3) is 0 Å². The van der Waals surface area contributed by atoms with Gasteiger partial charge >= 0.3 is 5.97 Å². The topological polar surface area (TPSA) is 94.8 Å². The number of carboxylic acid groups (broad SMARTS) is 1. The molecule has 0 heterocycles. The largest absolute Gasteiger partial charge is 0.481 e. The Hall–Kier alpha value is -1.20. The van der Waals surface area contributed by atoms with E-state index >= 15 is 0 Å². The summed E-state index contributed by atoms with van der Waals surface area (Å²) in [4.78, 5) is 22.4. The van der Waals surface area contributed by atoms with Crippen LogP contribution in [0.5, 0.6) is 0 Å². The molecule has 0 radical (unpaired) electrons. The molecule has 25 heavy (non-hydrogen) atoms. The molecule has 4 atom stereocenters. The van der Waals surface area contributed by atoms with E-state index in [9.17, 15) is 19.8 Å². The van der Waals surface area contributed by atoms with Gasteiger partial charge in [-0.2, -0.15) is 0 Å². The molecule has 1 aliphatic carbocycles. The third kappa shape index (κ3) is 8.63. The molecule has 5 nitrogen and oxygen atoms in total. The number of carbonyl (C=O) groups is 2. The van der Waals surface area contributed by atoms with Crippen molar-refractivity contribution in [2.24, 2.45) is 11.8 Å². The number of aliphatic hydroxyl groups is 2. The molecule has 0 bridgehead atoms. The highest BCUT2D eigenvalue weighted by Crippen LogP contribution is 2.38. The average molecular weight is 354 g/mol. The number of ketones is 1. The van der Waals surface area contributed by atoms with Crippen LogP contribution in [-0.4, -0.2) is 39.3 Å². The highest BCUT2D eigenvalue weighted by atomic mass is 16.4. The second kappa shape index (κ2) is 12.2. The Labute approximate surface area is 151 Å². The number of unbranched alkanes of at least 4 members (excludes halogenated alkanes) is 3. The Morgan fingerprint density at radius 3 is 2.36 bits per heavy atom. The molecule has 1 aliphatic rings. The lowest BCUT2D eigenvalue weighted by atomic mass is 9.86. The van der Waals surface area contributed by atoms with Crippen molar-refractivity contribution in [3.63, 3.8) is 0 Å². The van der Waals surface area contributed by atoms with Gasteiger partial charge in [0.25, 0.3) is 0 Å². The van der Waals surface area contributed by atoms with Crippen molar-refractivity contribution >= 4 is 11.8 Å². The van der Waals surface area contributed by atoms with Crippen molar-refractivity contribution in [1.29, 1.82) is 0 Å². The predicted octanol–water partition coefficient (Wildman–Crippen LogP) is 3.48. The van der Waals surface area contributed by atoms with Crippen LogP contribution in [0.1, 0.15) is 77.6 Å². The maximum atomic E-state index is 12.0. The fraction of sp³-hybridized carbons (Fsp3) is 0.800. The van der Waals surface area contributed by atoms with Crippen LogP contribution in [-0.2, 0) is 9.59 Å². The van der Waals surface area contributed by atoms with Crippen LogP contribution >= 0.6 is 0 Å². The zero-order valence-electron chi connectivity index (χ0n) is 15.4. The Kier molecular flexibility index (Phi) is 10.7. The molecular weight excluding hydrogens is 320 g/mol. The van der Waals surface area contributed by atoms with E-state index in [2.05, 4.69) is 6.92 Å². The monoisotopic (exact) mass is 354 g/mol. The Balaban J connectivity index is 2.38. The van der Waals surface area contributed by atoms with E-state index < -0.39 is 18.2 Å². The highest BCUT2D eigenvalue weighted by molar-refractivity contribution is 5.78. The highest BCUT2D eigenvalue weighted by Gasteiger charge is 2.40. The van der Waals surface area contributed by atoms with E-state index in [1.165, 1.54) is 0 Å². The maximum absolute atomic E-state index is 12.0. The number of allylic oxidation sites excluding steroid dienone is 2. The van der Waals surface area contributed by atoms with E-state index in [4.69, 9.17) is 5.11 Å². The summed E-state index contributed by atoms with van der Waals surface area (Å²) in [5.41, 5.74) is 0. The molecule has 0 unspecified atom stereocenters. The smallest absolute Gasteiger partial charge is 0.303 e. The number of rotatable bonds is 13. The lowest BCUT2D eigenvalue weighted by Crippen LogP contribution is -2.22. The van der Waals surface area contributed by atoms with Gasteiger partial charge in [-0.1, -0.05) is 31.9 Å². The minimum absolute atomic E-state index is 0.0193. The molecule has 0 aromatic rings. The fourth-order valence-corrected chi connectivity index (χ4v) is 3.67. The summed E-state index contributed by atoms with van der Waals surface area (Å²) in [5, 5.41) is 29.0. The van der Waals surface area contributed by atoms with Crippen LogP contribution in [0.15, 0.2) is 12.2 Å². The summed E-state index contributed by atoms with van der Waals surface area (Å²) in [5.74, 6) is -0.584. The molecule has 0 amide bonds. The van der Waals surface area contributed by atoms with E-state index in [0.717, 1.165) is 19.3 Å². The second-order valence-corrected chi connectivity index (χ2v) is 7.23. The number of carbonyl (C=O) groups excluding carboxylic acids is 1. The summed E-state index contributed by atoms with van der Waals surface area (Å²) in [6.07, 6.45) is 10.2. The SMILES string of the molecule is CCCCCC(=O)CC[C@@H]1[C@H](C/C=C/CCCC(=O)O)[C@@H](O)C[C@H]1O. The third-order valence-electron chi connectivity index (χ3n) is 5.17. The van der Waals surface area contributed by atoms with Crippen molar-refractivity contribution in [2.75, 3.05) is 0 Å². The van der Waals surface area contributed by atoms with Crippen LogP contribution in [0.2, 0.25) is 0 Å². The Morgan fingerprint density at radius 1 is 0.960 bits per heavy atom. The first kappa shape index (κ1) is 21.8. The van der Waals surface area contributed by atoms with E-state index in [1.54, 1.807) is 0 Å². The molecule has 5 heteroatoms. The van der Waals surface area contributed by atoms with E-state index in [1.807, 2.05) is 12.2 Å². The molecule has 1 fully saturated rings. The number of Topliss-reactive ketones (excluding diaryl/α,β-unsaturated/α-hetero) is 1. The van der Waals surface area contributed by atoms with Gasteiger partial charge in [0.05, 0.1) is 12.2 Å². The van der Waals surface area contributed by atoms with Crippen molar-refractivity contribution in [3.8, 4) is 0 Å². The van der Waals surface area contributed by atoms with Gasteiger partial charge < -0.3 is 15.3 Å². The molecule has 1 rings (SSSR count). The minimum Gasteiger partial charge on any atom is -0.481 e. The zero-order chi connectivity index (χ0) is 18.7. The van der Waals surface area contributed by atoms with Gasteiger partial charge in [-0.15, -0.1) is 0 Å². The third-order valence-corrected chi connectivity index (χ3v) is 5.17. The molecule has 0 aliphatic heterocycles. The Morgan fingerprint density at radius 2 is 1.68 bits per heavy atom. The van der Waals surface area contributed by atoms with Gasteiger partial charge in [-0.05, 0) is 50.4 Å². The van der Waals surface area contributed by atoms with Gasteiger partial charge in [0, 0.05) is 19.3 Å². The molecule has 0 saturated heterocycles. The number of hydrogen-bond acceptors (Lipinski definition) is 4. The second-order valence-electron chi connectivity index (χ2n) is 7.23. The summed E-state index contributed by atoms with van der Waals surface area (Å²) >= 11 is 0. The van der Waals surface area contributed by atoms with Gasteiger partial charge in [0.1, 0.15) is 5.78 Å². The Bertz CT molecular complexity index is 432. The number of hydrogen-bond donors (Lipinski definition) is 3. The number of aliphatic hydroxyl groups excluding tert-OH is 2. The van der Waals surface area contributed by atoms with E-state index in [0.29, 0.717) is 44.9 Å². The lowest BCUT2D eigenvalue weighted by Gasteiger charge is -2.22. The molecule has 3 N–H and O–H groups in total. The molecule has 1 saturated carbocycles. The van der Waals surface area contributed by atoms with Crippen molar-refractivity contribution in [1.82, 2.24) is 0 Å². The van der Waals surface area contributed by atoms with E-state index in [-0.39, 0.29) is 24.0 Å². The van der Waals surface area contributed by atoms with Gasteiger partial charge in [-0.25, -0.2) is 0 Å². The maximum Gasteiger partial charge on any atom is 0.303 e. The standard InChI is InChI=1S/C20H34O5/c1-2-3-6-9-15(21)12-13-17-16(18(22)14-19(17)23)10-7-4-5-8-11-20(24)25/h4,7,16-19,22-23H,2-3,5-6,8-14H2,1H3,(H,24,25)/b7-4+/t16-,17+,18-,19+/m0/s1. The molecular formula is C20H34O5. The minimum atomic E-state index is -0.786. The summed E-state index contributed by atoms with van der Waals surface area (Å²) in [7, 11) is 0. The van der Waals surface area contributed by atoms with Crippen molar-refractivity contribution in [3.05, 3.63) is 12.2 Å². The number of aliphatic carboxylic acids is 1. The molecule has 0 spiro atoms. The summed E-state index contributed by atoms with van der Waals surface area (Å²) in [6, 6.07) is 0. The van der Waals surface area contributed by atoms with Gasteiger partial charge in [-0.3, -0.25) is 9.59 Å². The van der Waals surface area contributed by atoms with Crippen LogP contribution in [0.3, 0.4) is 0 Å². The lowest BCUT2D eigenvalue weighted by molar-refractivity contribution is -0.137.